The zero-order valence-electron chi connectivity index (χ0n) is 12.5. The zero-order valence-corrected chi connectivity index (χ0v) is 14.0. The van der Waals surface area contributed by atoms with Crippen molar-refractivity contribution in [1.29, 1.82) is 0 Å². The van der Waals surface area contributed by atoms with Crippen molar-refractivity contribution in [3.8, 4) is 5.75 Å². The van der Waals surface area contributed by atoms with Gasteiger partial charge in [0, 0.05) is 11.6 Å². The standard InChI is InChI=1S/C16H18ClNO3S/c1-12-5-3-8-16(13(12)2)21-10-9-18-22(19,20)15-7-4-6-14(17)11-15/h3-8,11,18H,9-10H2,1-2H3. The minimum Gasteiger partial charge on any atom is -0.492 e. The Hall–Kier alpha value is -1.56. The Bertz CT molecular complexity index is 760. The maximum Gasteiger partial charge on any atom is 0.240 e. The van der Waals surface area contributed by atoms with Crippen LogP contribution in [-0.4, -0.2) is 21.6 Å². The summed E-state index contributed by atoms with van der Waals surface area (Å²) in [4.78, 5) is 0.145. The lowest BCUT2D eigenvalue weighted by molar-refractivity contribution is 0.320. The first-order valence-corrected chi connectivity index (χ1v) is 8.70. The smallest absolute Gasteiger partial charge is 0.240 e. The second-order valence-electron chi connectivity index (χ2n) is 4.90. The molecule has 0 aliphatic heterocycles. The third-order valence-electron chi connectivity index (χ3n) is 3.31. The SMILES string of the molecule is Cc1cccc(OCCNS(=O)(=O)c2cccc(Cl)c2)c1C. The van der Waals surface area contributed by atoms with Gasteiger partial charge in [-0.3, -0.25) is 0 Å². The highest BCUT2D eigenvalue weighted by Gasteiger charge is 2.13. The van der Waals surface area contributed by atoms with Crippen LogP contribution in [-0.2, 0) is 10.0 Å². The molecule has 0 atom stereocenters. The maximum atomic E-state index is 12.1. The van der Waals surface area contributed by atoms with Gasteiger partial charge in [0.2, 0.25) is 10.0 Å². The van der Waals surface area contributed by atoms with E-state index in [1.807, 2.05) is 32.0 Å². The van der Waals surface area contributed by atoms with Crippen molar-refractivity contribution in [2.75, 3.05) is 13.2 Å². The van der Waals surface area contributed by atoms with Gasteiger partial charge < -0.3 is 4.74 Å². The molecule has 0 unspecified atom stereocenters. The van der Waals surface area contributed by atoms with Gasteiger partial charge in [0.15, 0.2) is 0 Å². The molecule has 0 fully saturated rings. The summed E-state index contributed by atoms with van der Waals surface area (Å²) >= 11 is 5.81. The number of aryl methyl sites for hydroxylation is 1. The van der Waals surface area contributed by atoms with Gasteiger partial charge in [-0.1, -0.05) is 29.8 Å². The number of halogens is 1. The average Bonchev–Trinajstić information content (AvgIpc) is 2.48. The summed E-state index contributed by atoms with van der Waals surface area (Å²) in [5.41, 5.74) is 2.19. The molecule has 0 saturated carbocycles. The Morgan fingerprint density at radius 2 is 1.86 bits per heavy atom. The van der Waals surface area contributed by atoms with E-state index in [0.717, 1.165) is 16.9 Å². The van der Waals surface area contributed by atoms with E-state index in [1.165, 1.54) is 12.1 Å². The van der Waals surface area contributed by atoms with Gasteiger partial charge in [-0.05, 0) is 49.2 Å². The van der Waals surface area contributed by atoms with Gasteiger partial charge >= 0.3 is 0 Å². The summed E-state index contributed by atoms with van der Waals surface area (Å²) in [6.45, 7) is 4.41. The number of hydrogen-bond donors (Lipinski definition) is 1. The molecule has 0 heterocycles. The molecule has 22 heavy (non-hydrogen) atoms. The molecular formula is C16H18ClNO3S. The summed E-state index contributed by atoms with van der Waals surface area (Å²) in [5, 5.41) is 0.384. The van der Waals surface area contributed by atoms with Crippen LogP contribution in [0.1, 0.15) is 11.1 Å². The molecule has 0 amide bonds. The van der Waals surface area contributed by atoms with Crippen molar-refractivity contribution in [2.45, 2.75) is 18.7 Å². The van der Waals surface area contributed by atoms with E-state index in [-0.39, 0.29) is 18.0 Å². The largest absolute Gasteiger partial charge is 0.492 e. The van der Waals surface area contributed by atoms with Gasteiger partial charge in [0.05, 0.1) is 4.90 Å². The fourth-order valence-electron chi connectivity index (χ4n) is 1.94. The van der Waals surface area contributed by atoms with E-state index >= 15 is 0 Å². The van der Waals surface area contributed by atoms with Crippen LogP contribution in [0, 0.1) is 13.8 Å². The monoisotopic (exact) mass is 339 g/mol. The molecule has 0 aliphatic rings. The van der Waals surface area contributed by atoms with E-state index in [9.17, 15) is 8.42 Å². The Morgan fingerprint density at radius 1 is 1.14 bits per heavy atom. The summed E-state index contributed by atoms with van der Waals surface area (Å²) in [5.74, 6) is 0.766. The van der Waals surface area contributed by atoms with Crippen molar-refractivity contribution < 1.29 is 13.2 Å². The summed E-state index contributed by atoms with van der Waals surface area (Å²) in [6.07, 6.45) is 0. The minimum absolute atomic E-state index is 0.145. The number of nitrogens with one attached hydrogen (secondary N) is 1. The Balaban J connectivity index is 1.92. The maximum absolute atomic E-state index is 12.1. The lowest BCUT2D eigenvalue weighted by Crippen LogP contribution is -2.28. The second kappa shape index (κ2) is 7.13. The van der Waals surface area contributed by atoms with E-state index < -0.39 is 10.0 Å². The first-order chi connectivity index (χ1) is 10.4. The average molecular weight is 340 g/mol. The second-order valence-corrected chi connectivity index (χ2v) is 7.11. The first kappa shape index (κ1) is 16.8. The summed E-state index contributed by atoms with van der Waals surface area (Å²) in [6, 6.07) is 11.9. The van der Waals surface area contributed by atoms with Crippen molar-refractivity contribution in [1.82, 2.24) is 4.72 Å². The van der Waals surface area contributed by atoms with Crippen molar-refractivity contribution in [3.05, 3.63) is 58.6 Å². The minimum atomic E-state index is -3.57. The molecule has 2 rings (SSSR count). The topological polar surface area (TPSA) is 55.4 Å². The normalized spacial score (nSPS) is 11.4. The van der Waals surface area contributed by atoms with Crippen LogP contribution in [0.15, 0.2) is 47.4 Å². The Morgan fingerprint density at radius 3 is 2.59 bits per heavy atom. The Labute approximate surface area is 136 Å². The van der Waals surface area contributed by atoms with Crippen molar-refractivity contribution in [3.63, 3.8) is 0 Å². The van der Waals surface area contributed by atoms with Crippen LogP contribution in [0.2, 0.25) is 5.02 Å². The third kappa shape index (κ3) is 4.22. The van der Waals surface area contributed by atoms with Crippen LogP contribution in [0.3, 0.4) is 0 Å². The summed E-state index contributed by atoms with van der Waals surface area (Å²) in [7, 11) is -3.57. The van der Waals surface area contributed by atoms with E-state index in [2.05, 4.69) is 4.72 Å². The molecular weight excluding hydrogens is 322 g/mol. The Kier molecular flexibility index (Phi) is 5.45. The number of sulfonamides is 1. The highest BCUT2D eigenvalue weighted by Crippen LogP contribution is 2.20. The molecule has 118 valence electrons. The number of rotatable bonds is 6. The lowest BCUT2D eigenvalue weighted by atomic mass is 10.1. The molecule has 2 aromatic carbocycles. The van der Waals surface area contributed by atoms with Crippen LogP contribution >= 0.6 is 11.6 Å². The van der Waals surface area contributed by atoms with Gasteiger partial charge in [-0.15, -0.1) is 0 Å². The molecule has 0 aromatic heterocycles. The van der Waals surface area contributed by atoms with Crippen molar-refractivity contribution >= 4 is 21.6 Å². The number of benzene rings is 2. The van der Waals surface area contributed by atoms with Crippen LogP contribution < -0.4 is 9.46 Å². The molecule has 0 aliphatic carbocycles. The molecule has 6 heteroatoms. The molecule has 1 N–H and O–H groups in total. The zero-order chi connectivity index (χ0) is 16.2. The highest BCUT2D eigenvalue weighted by molar-refractivity contribution is 7.89. The van der Waals surface area contributed by atoms with Crippen LogP contribution in [0.4, 0.5) is 0 Å². The predicted octanol–water partition coefficient (Wildman–Crippen LogP) is 3.31. The molecule has 2 aromatic rings. The molecule has 0 bridgehead atoms. The van der Waals surface area contributed by atoms with Gasteiger partial charge in [0.1, 0.15) is 12.4 Å². The van der Waals surface area contributed by atoms with Crippen LogP contribution in [0.5, 0.6) is 5.75 Å². The van der Waals surface area contributed by atoms with Crippen molar-refractivity contribution in [2.24, 2.45) is 0 Å². The quantitative estimate of drug-likeness (QED) is 0.821. The third-order valence-corrected chi connectivity index (χ3v) is 5.01. The van der Waals surface area contributed by atoms with Gasteiger partial charge in [-0.25, -0.2) is 13.1 Å². The summed E-state index contributed by atoms with van der Waals surface area (Å²) < 4.78 is 32.3. The number of hydrogen-bond acceptors (Lipinski definition) is 3. The predicted molar refractivity (Wildman–Crippen MR) is 88.1 cm³/mol. The number of ether oxygens (including phenoxy) is 1. The molecule has 4 nitrogen and oxygen atoms in total. The van der Waals surface area contributed by atoms with E-state index in [0.29, 0.717) is 5.02 Å². The lowest BCUT2D eigenvalue weighted by Gasteiger charge is -2.11. The molecule has 0 spiro atoms. The fourth-order valence-corrected chi connectivity index (χ4v) is 3.25. The van der Waals surface area contributed by atoms with Crippen LogP contribution in [0.25, 0.3) is 0 Å². The first-order valence-electron chi connectivity index (χ1n) is 6.84. The highest BCUT2D eigenvalue weighted by atomic mass is 35.5. The van der Waals surface area contributed by atoms with Gasteiger partial charge in [0.25, 0.3) is 0 Å². The van der Waals surface area contributed by atoms with E-state index in [1.54, 1.807) is 12.1 Å². The van der Waals surface area contributed by atoms with Gasteiger partial charge in [-0.2, -0.15) is 0 Å². The molecule has 0 saturated heterocycles. The molecule has 0 radical (unpaired) electrons. The van der Waals surface area contributed by atoms with E-state index in [4.69, 9.17) is 16.3 Å². The fraction of sp³-hybridized carbons (Fsp3) is 0.250.